The van der Waals surface area contributed by atoms with Gasteiger partial charge >= 0.3 is 6.03 Å². The molecule has 1 aliphatic carbocycles. The second-order valence-corrected chi connectivity index (χ2v) is 7.69. The summed E-state index contributed by atoms with van der Waals surface area (Å²) in [4.78, 5) is 25.7. The molecule has 3 rings (SSSR count). The Kier molecular flexibility index (Phi) is 4.52. The maximum atomic E-state index is 12.7. The van der Waals surface area contributed by atoms with Crippen LogP contribution in [0.3, 0.4) is 0 Å². The number of urea groups is 1. The summed E-state index contributed by atoms with van der Waals surface area (Å²) in [6.45, 7) is 5.60. The average Bonchev–Trinajstić information content (AvgIpc) is 2.58. The van der Waals surface area contributed by atoms with Gasteiger partial charge in [-0.15, -0.1) is 0 Å². The number of benzene rings is 1. The molecule has 1 saturated heterocycles. The summed E-state index contributed by atoms with van der Waals surface area (Å²) in [5.41, 5.74) is 8.06. The minimum atomic E-state index is -0.433. The van der Waals surface area contributed by atoms with E-state index in [1.165, 1.54) is 11.1 Å². The standard InChI is InChI=1S/C19H27N3O2/c1-19(2)10-9-16(14-7-3-4-8-15(14)19)21-17(23)13-6-5-11-22(12-13)18(20)24/h3-4,7-8,13,16H,5-6,9-12H2,1-2H3,(H2,20,24)(H,21,23)/t13-,16+/m0/s1. The Hall–Kier alpha value is -2.04. The van der Waals surface area contributed by atoms with Crippen LogP contribution in [0.4, 0.5) is 4.79 Å². The monoisotopic (exact) mass is 329 g/mol. The third kappa shape index (κ3) is 3.25. The summed E-state index contributed by atoms with van der Waals surface area (Å²) >= 11 is 0. The first-order chi connectivity index (χ1) is 11.4. The number of hydrogen-bond acceptors (Lipinski definition) is 2. The molecule has 0 aromatic heterocycles. The lowest BCUT2D eigenvalue weighted by atomic mass is 9.71. The molecule has 5 heteroatoms. The van der Waals surface area contributed by atoms with Crippen LogP contribution in [0.25, 0.3) is 0 Å². The molecule has 0 saturated carbocycles. The first kappa shape index (κ1) is 16.8. The number of nitrogens with zero attached hydrogens (tertiary/aromatic N) is 1. The maximum absolute atomic E-state index is 12.7. The van der Waals surface area contributed by atoms with Crippen LogP contribution >= 0.6 is 0 Å². The van der Waals surface area contributed by atoms with Gasteiger partial charge in [-0.2, -0.15) is 0 Å². The second kappa shape index (κ2) is 6.46. The SMILES string of the molecule is CC1(C)CC[C@@H](NC(=O)[C@H]2CCCN(C(N)=O)C2)c2ccccc21. The van der Waals surface area contributed by atoms with Gasteiger partial charge in [-0.25, -0.2) is 4.79 Å². The largest absolute Gasteiger partial charge is 0.351 e. The van der Waals surface area contributed by atoms with E-state index in [2.05, 4.69) is 37.4 Å². The van der Waals surface area contributed by atoms with Gasteiger partial charge in [-0.05, 0) is 42.2 Å². The zero-order valence-electron chi connectivity index (χ0n) is 14.5. The zero-order valence-corrected chi connectivity index (χ0v) is 14.5. The van der Waals surface area contributed by atoms with Crippen LogP contribution in [-0.4, -0.2) is 29.9 Å². The van der Waals surface area contributed by atoms with E-state index in [1.54, 1.807) is 4.90 Å². The van der Waals surface area contributed by atoms with Gasteiger partial charge in [0.2, 0.25) is 5.91 Å². The molecule has 1 aromatic rings. The number of hydrogen-bond donors (Lipinski definition) is 2. The number of amides is 3. The van der Waals surface area contributed by atoms with Crippen molar-refractivity contribution < 1.29 is 9.59 Å². The molecule has 0 unspecified atom stereocenters. The molecule has 1 aliphatic heterocycles. The molecule has 0 spiro atoms. The number of rotatable bonds is 2. The third-order valence-corrected chi connectivity index (χ3v) is 5.54. The minimum absolute atomic E-state index is 0.0421. The third-order valence-electron chi connectivity index (χ3n) is 5.54. The Balaban J connectivity index is 1.72. The van der Waals surface area contributed by atoms with E-state index in [-0.39, 0.29) is 23.3 Å². The van der Waals surface area contributed by atoms with Gasteiger partial charge in [0.25, 0.3) is 0 Å². The summed E-state index contributed by atoms with van der Waals surface area (Å²) in [5, 5.41) is 3.22. The Morgan fingerprint density at radius 3 is 2.75 bits per heavy atom. The smallest absolute Gasteiger partial charge is 0.314 e. The first-order valence-corrected chi connectivity index (χ1v) is 8.82. The van der Waals surface area contributed by atoms with E-state index in [4.69, 9.17) is 5.73 Å². The van der Waals surface area contributed by atoms with Crippen molar-refractivity contribution in [3.05, 3.63) is 35.4 Å². The van der Waals surface area contributed by atoms with Crippen LogP contribution in [0.2, 0.25) is 0 Å². The van der Waals surface area contributed by atoms with Gasteiger partial charge < -0.3 is 16.0 Å². The van der Waals surface area contributed by atoms with E-state index in [0.29, 0.717) is 13.1 Å². The molecule has 24 heavy (non-hydrogen) atoms. The number of nitrogens with one attached hydrogen (secondary N) is 1. The molecule has 3 N–H and O–H groups in total. The fourth-order valence-electron chi connectivity index (χ4n) is 4.04. The Morgan fingerprint density at radius 2 is 2.00 bits per heavy atom. The Morgan fingerprint density at radius 1 is 1.25 bits per heavy atom. The molecule has 0 bridgehead atoms. The molecule has 130 valence electrons. The zero-order chi connectivity index (χ0) is 17.3. The van der Waals surface area contributed by atoms with Gasteiger partial charge in [0.15, 0.2) is 0 Å². The molecule has 0 radical (unpaired) electrons. The van der Waals surface area contributed by atoms with Crippen LogP contribution in [0.1, 0.15) is 56.7 Å². The summed E-state index contributed by atoms with van der Waals surface area (Å²) in [6, 6.07) is 8.02. The molecular formula is C19H27N3O2. The van der Waals surface area contributed by atoms with E-state index in [0.717, 1.165) is 25.7 Å². The maximum Gasteiger partial charge on any atom is 0.314 e. The second-order valence-electron chi connectivity index (χ2n) is 7.69. The van der Waals surface area contributed by atoms with E-state index in [1.807, 2.05) is 6.07 Å². The van der Waals surface area contributed by atoms with Gasteiger partial charge in [0.1, 0.15) is 0 Å². The number of carbonyl (C=O) groups excluding carboxylic acids is 2. The van der Waals surface area contributed by atoms with Crippen LogP contribution in [0.15, 0.2) is 24.3 Å². The first-order valence-electron chi connectivity index (χ1n) is 8.82. The fourth-order valence-corrected chi connectivity index (χ4v) is 4.04. The summed E-state index contributed by atoms with van der Waals surface area (Å²) in [7, 11) is 0. The number of fused-ring (bicyclic) bond motifs is 1. The average molecular weight is 329 g/mol. The van der Waals surface area contributed by atoms with Gasteiger partial charge in [-0.1, -0.05) is 38.1 Å². The van der Waals surface area contributed by atoms with E-state index < -0.39 is 6.03 Å². The summed E-state index contributed by atoms with van der Waals surface area (Å²) in [6.07, 6.45) is 3.64. The van der Waals surface area contributed by atoms with E-state index in [9.17, 15) is 9.59 Å². The fraction of sp³-hybridized carbons (Fsp3) is 0.579. The van der Waals surface area contributed by atoms with Crippen molar-refractivity contribution in [2.24, 2.45) is 11.7 Å². The van der Waals surface area contributed by atoms with Crippen molar-refractivity contribution >= 4 is 11.9 Å². The molecule has 1 aromatic carbocycles. The van der Waals surface area contributed by atoms with E-state index >= 15 is 0 Å². The van der Waals surface area contributed by atoms with Crippen molar-refractivity contribution in [2.45, 2.75) is 51.0 Å². The molecule has 3 amide bonds. The van der Waals surface area contributed by atoms with Crippen molar-refractivity contribution in [1.82, 2.24) is 10.2 Å². The van der Waals surface area contributed by atoms with Gasteiger partial charge in [0, 0.05) is 13.1 Å². The highest BCUT2D eigenvalue weighted by Crippen LogP contribution is 2.41. The molecule has 1 heterocycles. The van der Waals surface area contributed by atoms with Crippen LogP contribution in [0.5, 0.6) is 0 Å². The summed E-state index contributed by atoms with van der Waals surface area (Å²) in [5.74, 6) is -0.117. The highest BCUT2D eigenvalue weighted by molar-refractivity contribution is 5.81. The van der Waals surface area contributed by atoms with Gasteiger partial charge in [-0.3, -0.25) is 4.79 Å². The number of nitrogens with two attached hydrogens (primary N) is 1. The van der Waals surface area contributed by atoms with Crippen molar-refractivity contribution in [3.8, 4) is 0 Å². The van der Waals surface area contributed by atoms with Gasteiger partial charge in [0.05, 0.1) is 12.0 Å². The number of likely N-dealkylation sites (tertiary alicyclic amines) is 1. The van der Waals surface area contributed by atoms with Crippen LogP contribution < -0.4 is 11.1 Å². The topological polar surface area (TPSA) is 75.4 Å². The van der Waals surface area contributed by atoms with Crippen molar-refractivity contribution in [2.75, 3.05) is 13.1 Å². The lowest BCUT2D eigenvalue weighted by Gasteiger charge is -2.38. The number of piperidine rings is 1. The normalized spacial score (nSPS) is 25.7. The minimum Gasteiger partial charge on any atom is -0.351 e. The molecular weight excluding hydrogens is 302 g/mol. The highest BCUT2D eigenvalue weighted by atomic mass is 16.2. The van der Waals surface area contributed by atoms with Crippen molar-refractivity contribution in [1.29, 1.82) is 0 Å². The lowest BCUT2D eigenvalue weighted by Crippen LogP contribution is -2.48. The Bertz CT molecular complexity index is 641. The highest BCUT2D eigenvalue weighted by Gasteiger charge is 2.35. The molecule has 2 aliphatic rings. The molecule has 1 fully saturated rings. The lowest BCUT2D eigenvalue weighted by molar-refractivity contribution is -0.127. The van der Waals surface area contributed by atoms with Crippen LogP contribution in [-0.2, 0) is 10.2 Å². The van der Waals surface area contributed by atoms with Crippen LogP contribution in [0, 0.1) is 5.92 Å². The summed E-state index contributed by atoms with van der Waals surface area (Å²) < 4.78 is 0. The Labute approximate surface area is 143 Å². The quantitative estimate of drug-likeness (QED) is 0.875. The predicted octanol–water partition coefficient (Wildman–Crippen LogP) is 2.71. The molecule has 5 nitrogen and oxygen atoms in total. The predicted molar refractivity (Wildman–Crippen MR) is 93.5 cm³/mol. The number of primary amides is 1. The number of carbonyl (C=O) groups is 2. The van der Waals surface area contributed by atoms with Crippen molar-refractivity contribution in [3.63, 3.8) is 0 Å². The molecule has 2 atom stereocenters.